The van der Waals surface area contributed by atoms with Crippen LogP contribution in [0.3, 0.4) is 0 Å². The van der Waals surface area contributed by atoms with Crippen molar-refractivity contribution in [3.63, 3.8) is 0 Å². The van der Waals surface area contributed by atoms with Crippen LogP contribution in [0.5, 0.6) is 11.5 Å². The zero-order valence-electron chi connectivity index (χ0n) is 16.0. The minimum Gasteiger partial charge on any atom is -0.493 e. The zero-order chi connectivity index (χ0) is 19.6. The van der Waals surface area contributed by atoms with Crippen LogP contribution in [-0.4, -0.2) is 41.0 Å². The van der Waals surface area contributed by atoms with Crippen molar-refractivity contribution in [3.05, 3.63) is 35.9 Å². The Hall–Kier alpha value is -2.18. The van der Waals surface area contributed by atoms with Gasteiger partial charge in [0.25, 0.3) is 0 Å². The van der Waals surface area contributed by atoms with Crippen molar-refractivity contribution >= 4 is 29.9 Å². The van der Waals surface area contributed by atoms with Crippen molar-refractivity contribution in [2.45, 2.75) is 33.0 Å². The minimum atomic E-state index is -2.92. The van der Waals surface area contributed by atoms with Gasteiger partial charge >= 0.3 is 6.61 Å². The number of nitrogens with zero attached hydrogens (tertiary/aromatic N) is 4. The molecule has 0 aliphatic rings. The summed E-state index contributed by atoms with van der Waals surface area (Å²) in [7, 11) is 3.45. The van der Waals surface area contributed by atoms with Crippen molar-refractivity contribution in [2.75, 3.05) is 13.7 Å². The molecular formula is C17H25F2IN6O2. The summed E-state index contributed by atoms with van der Waals surface area (Å²) in [6, 6.07) is 4.88. The van der Waals surface area contributed by atoms with Crippen molar-refractivity contribution < 1.29 is 18.3 Å². The normalized spacial score (nSPS) is 11.1. The fraction of sp³-hybridized carbons (Fsp3) is 0.471. The lowest BCUT2D eigenvalue weighted by Crippen LogP contribution is -2.37. The van der Waals surface area contributed by atoms with Crippen LogP contribution >= 0.6 is 24.0 Å². The average Bonchev–Trinajstić information content (AvgIpc) is 3.05. The summed E-state index contributed by atoms with van der Waals surface area (Å²) in [5, 5.41) is 13.9. The molecule has 0 atom stereocenters. The Morgan fingerprint density at radius 1 is 1.29 bits per heavy atom. The summed E-state index contributed by atoms with van der Waals surface area (Å²) in [5.41, 5.74) is 0.556. The maximum absolute atomic E-state index is 12.7. The Morgan fingerprint density at radius 3 is 2.64 bits per heavy atom. The van der Waals surface area contributed by atoms with Crippen LogP contribution in [-0.2, 0) is 20.1 Å². The van der Waals surface area contributed by atoms with Gasteiger partial charge in [0.2, 0.25) is 0 Å². The maximum Gasteiger partial charge on any atom is 0.387 e. The maximum atomic E-state index is 12.7. The highest BCUT2D eigenvalue weighted by atomic mass is 127. The second kappa shape index (κ2) is 12.3. The SMILES string of the molecule is CCCOc1ccc(CNC(=NC)NCc2nncn2C)c(OC(F)F)c1.I. The second-order valence-corrected chi connectivity index (χ2v) is 5.63. The minimum absolute atomic E-state index is 0. The first-order chi connectivity index (χ1) is 13.0. The van der Waals surface area contributed by atoms with Crippen molar-refractivity contribution in [1.29, 1.82) is 0 Å². The van der Waals surface area contributed by atoms with Gasteiger partial charge in [0.05, 0.1) is 13.2 Å². The number of ether oxygens (including phenoxy) is 2. The topological polar surface area (TPSA) is 85.6 Å². The van der Waals surface area contributed by atoms with Crippen LogP contribution in [0, 0.1) is 0 Å². The molecule has 0 aliphatic carbocycles. The molecule has 0 saturated heterocycles. The van der Waals surface area contributed by atoms with Gasteiger partial charge in [0.1, 0.15) is 17.8 Å². The van der Waals surface area contributed by atoms with Crippen LogP contribution in [0.1, 0.15) is 24.7 Å². The predicted octanol–water partition coefficient (Wildman–Crippen LogP) is 2.69. The van der Waals surface area contributed by atoms with E-state index in [0.29, 0.717) is 30.4 Å². The first kappa shape index (κ1) is 23.9. The Kier molecular flexibility index (Phi) is 10.5. The third-order valence-electron chi connectivity index (χ3n) is 3.62. The lowest BCUT2D eigenvalue weighted by atomic mass is 10.2. The highest BCUT2D eigenvalue weighted by Crippen LogP contribution is 2.26. The Balaban J connectivity index is 0.00000392. The Morgan fingerprint density at radius 2 is 2.04 bits per heavy atom. The molecule has 0 bridgehead atoms. The quantitative estimate of drug-likeness (QED) is 0.307. The van der Waals surface area contributed by atoms with Gasteiger partial charge in [-0.1, -0.05) is 6.92 Å². The number of alkyl halides is 2. The predicted molar refractivity (Wildman–Crippen MR) is 112 cm³/mol. The number of halogens is 3. The van der Waals surface area contributed by atoms with E-state index in [-0.39, 0.29) is 36.3 Å². The molecule has 1 aromatic carbocycles. The first-order valence-electron chi connectivity index (χ1n) is 8.51. The van der Waals surface area contributed by atoms with E-state index < -0.39 is 6.61 Å². The number of aliphatic imine (C=N–C) groups is 1. The van der Waals surface area contributed by atoms with E-state index in [1.54, 1.807) is 30.1 Å². The van der Waals surface area contributed by atoms with E-state index in [0.717, 1.165) is 12.2 Å². The number of rotatable bonds is 9. The number of aromatic nitrogens is 3. The third-order valence-corrected chi connectivity index (χ3v) is 3.62. The molecule has 0 radical (unpaired) electrons. The van der Waals surface area contributed by atoms with Crippen molar-refractivity contribution in [1.82, 2.24) is 25.4 Å². The van der Waals surface area contributed by atoms with Crippen LogP contribution in [0.15, 0.2) is 29.5 Å². The van der Waals surface area contributed by atoms with Gasteiger partial charge in [-0.3, -0.25) is 4.99 Å². The fourth-order valence-corrected chi connectivity index (χ4v) is 2.23. The molecule has 1 heterocycles. The number of hydrogen-bond acceptors (Lipinski definition) is 5. The standard InChI is InChI=1S/C17H24F2N6O2.HI/c1-4-7-26-13-6-5-12(14(8-13)27-16(18)19)9-21-17(20-2)22-10-15-24-23-11-25(15)3;/h5-6,8,11,16H,4,7,9-10H2,1-3H3,(H2,20,21,22);1H. The molecule has 0 aliphatic heterocycles. The molecule has 1 aromatic heterocycles. The van der Waals surface area contributed by atoms with E-state index in [9.17, 15) is 8.78 Å². The van der Waals surface area contributed by atoms with Crippen LogP contribution < -0.4 is 20.1 Å². The van der Waals surface area contributed by atoms with E-state index in [2.05, 4.69) is 30.6 Å². The van der Waals surface area contributed by atoms with Crippen molar-refractivity contribution in [2.24, 2.45) is 12.0 Å². The van der Waals surface area contributed by atoms with Gasteiger partial charge in [-0.25, -0.2) is 0 Å². The summed E-state index contributed by atoms with van der Waals surface area (Å²) in [6.45, 7) is 0.215. The summed E-state index contributed by atoms with van der Waals surface area (Å²) in [5.74, 6) is 1.78. The number of nitrogens with one attached hydrogen (secondary N) is 2. The van der Waals surface area contributed by atoms with E-state index >= 15 is 0 Å². The summed E-state index contributed by atoms with van der Waals surface area (Å²) in [6.07, 6.45) is 2.42. The zero-order valence-corrected chi connectivity index (χ0v) is 18.3. The average molecular weight is 510 g/mol. The van der Waals surface area contributed by atoms with Gasteiger partial charge in [-0.15, -0.1) is 34.2 Å². The number of aryl methyl sites for hydroxylation is 1. The van der Waals surface area contributed by atoms with E-state index in [4.69, 9.17) is 4.74 Å². The molecule has 0 fully saturated rings. The Bertz CT molecular complexity index is 757. The van der Waals surface area contributed by atoms with Crippen molar-refractivity contribution in [3.8, 4) is 11.5 Å². The Labute approximate surface area is 179 Å². The molecule has 0 spiro atoms. The van der Waals surface area contributed by atoms with Crippen LogP contribution in [0.4, 0.5) is 8.78 Å². The third kappa shape index (κ3) is 7.44. The second-order valence-electron chi connectivity index (χ2n) is 5.63. The van der Waals surface area contributed by atoms with E-state index in [1.165, 1.54) is 6.07 Å². The highest BCUT2D eigenvalue weighted by Gasteiger charge is 2.12. The number of benzene rings is 1. The lowest BCUT2D eigenvalue weighted by Gasteiger charge is -2.15. The fourth-order valence-electron chi connectivity index (χ4n) is 2.23. The smallest absolute Gasteiger partial charge is 0.387 e. The van der Waals surface area contributed by atoms with Crippen LogP contribution in [0.2, 0.25) is 0 Å². The molecule has 8 nitrogen and oxygen atoms in total. The number of guanidine groups is 1. The van der Waals surface area contributed by atoms with Gasteiger partial charge in [-0.05, 0) is 18.6 Å². The molecule has 2 rings (SSSR count). The molecule has 0 saturated carbocycles. The molecule has 0 amide bonds. The molecule has 2 N–H and O–H groups in total. The summed E-state index contributed by atoms with van der Waals surface area (Å²) < 4.78 is 37.3. The molecular weight excluding hydrogens is 485 g/mol. The van der Waals surface area contributed by atoms with E-state index in [1.807, 2.05) is 14.0 Å². The molecule has 0 unspecified atom stereocenters. The summed E-state index contributed by atoms with van der Waals surface area (Å²) >= 11 is 0. The molecule has 28 heavy (non-hydrogen) atoms. The largest absolute Gasteiger partial charge is 0.493 e. The van der Waals surface area contributed by atoms with Gasteiger partial charge in [0.15, 0.2) is 11.8 Å². The molecule has 11 heteroatoms. The van der Waals surface area contributed by atoms with Gasteiger partial charge in [0, 0.05) is 32.3 Å². The summed E-state index contributed by atoms with van der Waals surface area (Å²) in [4.78, 5) is 4.10. The lowest BCUT2D eigenvalue weighted by molar-refractivity contribution is -0.0505. The van der Waals surface area contributed by atoms with Gasteiger partial charge in [-0.2, -0.15) is 8.78 Å². The monoisotopic (exact) mass is 510 g/mol. The van der Waals surface area contributed by atoms with Crippen LogP contribution in [0.25, 0.3) is 0 Å². The highest BCUT2D eigenvalue weighted by molar-refractivity contribution is 14.0. The first-order valence-corrected chi connectivity index (χ1v) is 8.51. The van der Waals surface area contributed by atoms with Gasteiger partial charge < -0.3 is 24.7 Å². The molecule has 156 valence electrons. The molecule has 2 aromatic rings. The number of hydrogen-bond donors (Lipinski definition) is 2.